The molecule has 0 spiro atoms. The molecule has 1 aromatic rings. The van der Waals surface area contributed by atoms with Crippen molar-refractivity contribution in [1.29, 1.82) is 0 Å². The summed E-state index contributed by atoms with van der Waals surface area (Å²) in [5, 5.41) is 3.60. The number of nitrogens with one attached hydrogen (secondary N) is 1. The van der Waals surface area contributed by atoms with E-state index in [-0.39, 0.29) is 11.8 Å². The second-order valence-electron chi connectivity index (χ2n) is 6.76. The zero-order chi connectivity index (χ0) is 15.6. The molecular weight excluding hydrogens is 260 g/mol. The Kier molecular flexibility index (Phi) is 4.72. The van der Waals surface area contributed by atoms with E-state index in [4.69, 9.17) is 0 Å². The highest BCUT2D eigenvalue weighted by Crippen LogP contribution is 2.32. The van der Waals surface area contributed by atoms with E-state index >= 15 is 0 Å². The summed E-state index contributed by atoms with van der Waals surface area (Å²) in [6, 6.07) is 8.55. The van der Waals surface area contributed by atoms with Crippen molar-refractivity contribution in [1.82, 2.24) is 5.32 Å². The first-order valence-electron chi connectivity index (χ1n) is 7.99. The molecule has 2 rings (SSSR count). The molecule has 0 aromatic heterocycles. The van der Waals surface area contributed by atoms with E-state index in [1.165, 1.54) is 5.56 Å². The number of hydrogen-bond donors (Lipinski definition) is 1. The van der Waals surface area contributed by atoms with Gasteiger partial charge in [0.25, 0.3) is 0 Å². The van der Waals surface area contributed by atoms with Gasteiger partial charge in [0.15, 0.2) is 0 Å². The van der Waals surface area contributed by atoms with Crippen molar-refractivity contribution in [3.8, 4) is 0 Å². The number of amides is 1. The number of piperidine rings is 1. The third-order valence-electron chi connectivity index (χ3n) is 4.81. The molecule has 3 heteroatoms. The number of rotatable bonds is 3. The molecule has 1 fully saturated rings. The minimum absolute atomic E-state index is 0.188. The molecule has 1 aromatic carbocycles. The first-order chi connectivity index (χ1) is 9.86. The average molecular weight is 288 g/mol. The molecule has 1 saturated heterocycles. The number of carbonyl (C=O) groups is 1. The van der Waals surface area contributed by atoms with E-state index in [0.29, 0.717) is 6.04 Å². The van der Waals surface area contributed by atoms with Crippen LogP contribution in [0.1, 0.15) is 45.6 Å². The molecule has 1 aliphatic heterocycles. The van der Waals surface area contributed by atoms with Gasteiger partial charge in [-0.05, 0) is 51.2 Å². The molecule has 2 atom stereocenters. The smallest absolute Gasteiger partial charge is 0.247 e. The van der Waals surface area contributed by atoms with Crippen LogP contribution in [0.15, 0.2) is 24.3 Å². The van der Waals surface area contributed by atoms with Gasteiger partial charge in [-0.25, -0.2) is 0 Å². The molecule has 1 unspecified atom stereocenters. The predicted octanol–water partition coefficient (Wildman–Crippen LogP) is 3.51. The van der Waals surface area contributed by atoms with Gasteiger partial charge >= 0.3 is 0 Å². The van der Waals surface area contributed by atoms with Crippen LogP contribution in [-0.2, 0) is 4.79 Å². The molecular formula is C18H28N2O. The minimum atomic E-state index is -0.433. The molecule has 1 amide bonds. The Bertz CT molecular complexity index is 494. The number of anilines is 1. The Morgan fingerprint density at radius 1 is 1.33 bits per heavy atom. The summed E-state index contributed by atoms with van der Waals surface area (Å²) in [7, 11) is 1.89. The number of likely N-dealkylation sites (N-methyl/N-ethyl adjacent to an activating group) is 1. The van der Waals surface area contributed by atoms with Crippen molar-refractivity contribution < 1.29 is 4.79 Å². The maximum absolute atomic E-state index is 13.2. The molecule has 0 aliphatic carbocycles. The van der Waals surface area contributed by atoms with Crippen LogP contribution in [0.3, 0.4) is 0 Å². The van der Waals surface area contributed by atoms with Gasteiger partial charge in [-0.15, -0.1) is 0 Å². The lowest BCUT2D eigenvalue weighted by atomic mass is 9.76. The summed E-state index contributed by atoms with van der Waals surface area (Å²) in [4.78, 5) is 15.0. The zero-order valence-electron chi connectivity index (χ0n) is 13.9. The number of benzene rings is 1. The van der Waals surface area contributed by atoms with Crippen LogP contribution < -0.4 is 10.2 Å². The standard InChI is InChI=1S/C18H28N2O/c1-13(2)18(12-6-7-15(4)19-18)17(21)20(5)16-10-8-14(3)9-11-16/h8-11,13,15,19H,6-7,12H2,1-5H3/t15?,18-/m0/s1. The Balaban J connectivity index is 2.28. The highest BCUT2D eigenvalue weighted by atomic mass is 16.2. The highest BCUT2D eigenvalue weighted by Gasteiger charge is 2.45. The van der Waals surface area contributed by atoms with Gasteiger partial charge in [-0.3, -0.25) is 4.79 Å². The maximum Gasteiger partial charge on any atom is 0.247 e. The molecule has 3 nitrogen and oxygen atoms in total. The lowest BCUT2D eigenvalue weighted by molar-refractivity contribution is -0.128. The van der Waals surface area contributed by atoms with Gasteiger partial charge in [0, 0.05) is 18.8 Å². The first kappa shape index (κ1) is 16.0. The van der Waals surface area contributed by atoms with Gasteiger partial charge in [-0.1, -0.05) is 31.5 Å². The second-order valence-corrected chi connectivity index (χ2v) is 6.76. The molecule has 0 radical (unpaired) electrons. The van der Waals surface area contributed by atoms with Crippen LogP contribution in [0.5, 0.6) is 0 Å². The minimum Gasteiger partial charge on any atom is -0.314 e. The fourth-order valence-corrected chi connectivity index (χ4v) is 3.33. The van der Waals surface area contributed by atoms with Crippen LogP contribution in [-0.4, -0.2) is 24.5 Å². The van der Waals surface area contributed by atoms with Crippen molar-refractivity contribution in [3.05, 3.63) is 29.8 Å². The summed E-state index contributed by atoms with van der Waals surface area (Å²) < 4.78 is 0. The van der Waals surface area contributed by atoms with Gasteiger partial charge in [0.2, 0.25) is 5.91 Å². The fourth-order valence-electron chi connectivity index (χ4n) is 3.33. The molecule has 1 aliphatic rings. The van der Waals surface area contributed by atoms with Crippen molar-refractivity contribution in [3.63, 3.8) is 0 Å². The highest BCUT2D eigenvalue weighted by molar-refractivity contribution is 6.00. The largest absolute Gasteiger partial charge is 0.314 e. The summed E-state index contributed by atoms with van der Waals surface area (Å²) in [5.74, 6) is 0.466. The summed E-state index contributed by atoms with van der Waals surface area (Å²) in [5.41, 5.74) is 1.74. The van der Waals surface area contributed by atoms with E-state index in [1.54, 1.807) is 0 Å². The first-order valence-corrected chi connectivity index (χ1v) is 7.99. The molecule has 21 heavy (non-hydrogen) atoms. The van der Waals surface area contributed by atoms with Crippen molar-refractivity contribution in [2.75, 3.05) is 11.9 Å². The van der Waals surface area contributed by atoms with Gasteiger partial charge in [0.05, 0.1) is 0 Å². The van der Waals surface area contributed by atoms with Crippen LogP contribution in [0.4, 0.5) is 5.69 Å². The molecule has 1 N–H and O–H groups in total. The number of aryl methyl sites for hydroxylation is 1. The number of nitrogens with zero attached hydrogens (tertiary/aromatic N) is 1. The van der Waals surface area contributed by atoms with E-state index in [2.05, 4.69) is 45.1 Å². The van der Waals surface area contributed by atoms with E-state index in [0.717, 1.165) is 24.9 Å². The monoisotopic (exact) mass is 288 g/mol. The summed E-state index contributed by atoms with van der Waals surface area (Å²) in [6.07, 6.45) is 3.18. The van der Waals surface area contributed by atoms with Crippen LogP contribution in [0, 0.1) is 12.8 Å². The van der Waals surface area contributed by atoms with E-state index < -0.39 is 5.54 Å². The lowest BCUT2D eigenvalue weighted by Gasteiger charge is -2.45. The van der Waals surface area contributed by atoms with E-state index in [1.807, 2.05) is 24.1 Å². The summed E-state index contributed by atoms with van der Waals surface area (Å²) in [6.45, 7) is 8.53. The van der Waals surface area contributed by atoms with Crippen LogP contribution in [0.25, 0.3) is 0 Å². The molecule has 1 heterocycles. The van der Waals surface area contributed by atoms with Gasteiger partial charge < -0.3 is 10.2 Å². The predicted molar refractivity (Wildman–Crippen MR) is 88.6 cm³/mol. The van der Waals surface area contributed by atoms with Crippen LogP contribution in [0.2, 0.25) is 0 Å². The second kappa shape index (κ2) is 6.18. The molecule has 0 saturated carbocycles. The fraction of sp³-hybridized carbons (Fsp3) is 0.611. The Hall–Kier alpha value is -1.35. The number of carbonyl (C=O) groups excluding carboxylic acids is 1. The quantitative estimate of drug-likeness (QED) is 0.923. The van der Waals surface area contributed by atoms with Gasteiger partial charge in [0.1, 0.15) is 5.54 Å². The number of hydrogen-bond acceptors (Lipinski definition) is 2. The van der Waals surface area contributed by atoms with Crippen molar-refractivity contribution >= 4 is 11.6 Å². The molecule has 116 valence electrons. The summed E-state index contributed by atoms with van der Waals surface area (Å²) >= 11 is 0. The topological polar surface area (TPSA) is 32.3 Å². The molecule has 0 bridgehead atoms. The van der Waals surface area contributed by atoms with Crippen LogP contribution >= 0.6 is 0 Å². The Morgan fingerprint density at radius 3 is 2.48 bits per heavy atom. The average Bonchev–Trinajstić information content (AvgIpc) is 2.46. The van der Waals surface area contributed by atoms with Crippen molar-refractivity contribution in [2.24, 2.45) is 5.92 Å². The van der Waals surface area contributed by atoms with E-state index in [9.17, 15) is 4.79 Å². The van der Waals surface area contributed by atoms with Gasteiger partial charge in [-0.2, -0.15) is 0 Å². The maximum atomic E-state index is 13.2. The third-order valence-corrected chi connectivity index (χ3v) is 4.81. The lowest BCUT2D eigenvalue weighted by Crippen LogP contribution is -2.64. The normalized spacial score (nSPS) is 25.9. The van der Waals surface area contributed by atoms with Crippen molar-refractivity contribution in [2.45, 2.75) is 58.5 Å². The SMILES string of the molecule is Cc1ccc(N(C)C(=O)[C@@]2(C(C)C)CCCC(C)N2)cc1. The Labute approximate surface area is 128 Å². The third kappa shape index (κ3) is 3.13. The Morgan fingerprint density at radius 2 is 1.95 bits per heavy atom. The zero-order valence-corrected chi connectivity index (χ0v) is 13.9.